The van der Waals surface area contributed by atoms with Crippen molar-refractivity contribution in [2.24, 2.45) is 0 Å². The molecule has 0 spiro atoms. The van der Waals surface area contributed by atoms with Crippen molar-refractivity contribution in [1.29, 1.82) is 0 Å². The van der Waals surface area contributed by atoms with E-state index in [1.165, 1.54) is 64.5 Å². The number of aromatic carboxylic acids is 1. The molecule has 228 valence electrons. The van der Waals surface area contributed by atoms with Crippen molar-refractivity contribution < 1.29 is 32.2 Å². The second-order valence-corrected chi connectivity index (χ2v) is 10.1. The van der Waals surface area contributed by atoms with E-state index < -0.39 is 35.8 Å². The molecule has 4 aromatic heterocycles. The lowest BCUT2D eigenvalue weighted by atomic mass is 10.0. The van der Waals surface area contributed by atoms with Crippen LogP contribution >= 0.6 is 11.6 Å². The predicted molar refractivity (Wildman–Crippen MR) is 148 cm³/mol. The summed E-state index contributed by atoms with van der Waals surface area (Å²) in [6, 6.07) is 9.69. The van der Waals surface area contributed by atoms with Crippen LogP contribution in [0, 0.1) is 16.8 Å². The summed E-state index contributed by atoms with van der Waals surface area (Å²) in [4.78, 5) is 11.2. The normalized spacial score (nSPS) is 12.1. The molecule has 4 heterocycles. The quantitative estimate of drug-likeness (QED) is 0.134. The SMILES string of the molecule is O=C(O)c1ccc(-c2cnn(C(Cc3ccn(C(F)F)n3)c3ccc(-c4c(-n5cnnn5)ccc(Cl)c4F)c[n+]3[O-])c2)cc1F. The Balaban J connectivity index is 1.42. The third-order valence-electron chi connectivity index (χ3n) is 6.96. The van der Waals surface area contributed by atoms with Gasteiger partial charge in [-0.2, -0.15) is 28.4 Å². The van der Waals surface area contributed by atoms with E-state index in [4.69, 9.17) is 16.7 Å². The van der Waals surface area contributed by atoms with E-state index in [0.29, 0.717) is 20.5 Å². The predicted octanol–water partition coefficient (Wildman–Crippen LogP) is 4.88. The lowest BCUT2D eigenvalue weighted by Crippen LogP contribution is -2.36. The van der Waals surface area contributed by atoms with Gasteiger partial charge in [-0.3, -0.25) is 4.68 Å². The van der Waals surface area contributed by atoms with Crippen molar-refractivity contribution in [1.82, 2.24) is 39.8 Å². The lowest BCUT2D eigenvalue weighted by molar-refractivity contribution is -0.615. The summed E-state index contributed by atoms with van der Waals surface area (Å²) in [5.41, 5.74) is 0.768. The molecule has 1 atom stereocenters. The van der Waals surface area contributed by atoms with Gasteiger partial charge in [0.05, 0.1) is 39.3 Å². The number of carboxylic acid groups (broad SMARTS) is 1. The molecule has 0 aliphatic rings. The zero-order valence-electron chi connectivity index (χ0n) is 22.5. The lowest BCUT2D eigenvalue weighted by Gasteiger charge is -2.18. The van der Waals surface area contributed by atoms with Crippen LogP contribution in [-0.4, -0.2) is 50.8 Å². The molecular formula is C28H18ClF4N9O3. The molecular weight excluding hydrogens is 622 g/mol. The molecule has 0 radical (unpaired) electrons. The first-order chi connectivity index (χ1) is 21.6. The van der Waals surface area contributed by atoms with Gasteiger partial charge in [-0.25, -0.2) is 18.3 Å². The molecule has 1 unspecified atom stereocenters. The molecule has 1 N–H and O–H groups in total. The van der Waals surface area contributed by atoms with Gasteiger partial charge in [-0.15, -0.1) is 5.10 Å². The van der Waals surface area contributed by atoms with Crippen molar-refractivity contribution in [2.45, 2.75) is 19.0 Å². The van der Waals surface area contributed by atoms with Gasteiger partial charge in [-0.1, -0.05) is 17.7 Å². The number of hydrogen-bond donors (Lipinski definition) is 1. The van der Waals surface area contributed by atoms with Crippen molar-refractivity contribution in [2.75, 3.05) is 0 Å². The maximum absolute atomic E-state index is 15.3. The van der Waals surface area contributed by atoms with E-state index in [0.717, 1.165) is 24.5 Å². The van der Waals surface area contributed by atoms with E-state index in [9.17, 15) is 23.2 Å². The number of alkyl halides is 2. The third-order valence-corrected chi connectivity index (χ3v) is 7.25. The van der Waals surface area contributed by atoms with Crippen LogP contribution in [0.1, 0.15) is 34.3 Å². The number of hydrogen-bond acceptors (Lipinski definition) is 7. The van der Waals surface area contributed by atoms with Gasteiger partial charge in [-0.05, 0) is 52.4 Å². The summed E-state index contributed by atoms with van der Waals surface area (Å²) in [7, 11) is 0. The Morgan fingerprint density at radius 1 is 1.04 bits per heavy atom. The van der Waals surface area contributed by atoms with Crippen molar-refractivity contribution in [3.8, 4) is 27.9 Å². The average Bonchev–Trinajstić information content (AvgIpc) is 3.80. The van der Waals surface area contributed by atoms with Crippen molar-refractivity contribution in [3.05, 3.63) is 118 Å². The summed E-state index contributed by atoms with van der Waals surface area (Å²) < 4.78 is 59.7. The van der Waals surface area contributed by atoms with Crippen LogP contribution in [0.4, 0.5) is 17.6 Å². The molecule has 0 saturated carbocycles. The summed E-state index contributed by atoms with van der Waals surface area (Å²) in [5.74, 6) is -3.20. The Labute approximate surface area is 254 Å². The Kier molecular flexibility index (Phi) is 7.72. The highest BCUT2D eigenvalue weighted by Gasteiger charge is 2.27. The number of pyridine rings is 1. The van der Waals surface area contributed by atoms with Gasteiger partial charge in [0.25, 0.3) is 0 Å². The highest BCUT2D eigenvalue weighted by atomic mass is 35.5. The molecule has 0 saturated heterocycles. The molecule has 0 aliphatic carbocycles. The number of nitrogens with zero attached hydrogens (tertiary/aromatic N) is 9. The molecule has 17 heteroatoms. The number of tetrazole rings is 1. The van der Waals surface area contributed by atoms with Crippen molar-refractivity contribution >= 4 is 17.6 Å². The van der Waals surface area contributed by atoms with Gasteiger partial charge < -0.3 is 10.3 Å². The molecule has 0 bridgehead atoms. The topological polar surface area (TPSA) is 143 Å². The average molecular weight is 640 g/mol. The van der Waals surface area contributed by atoms with Crippen LogP contribution in [0.3, 0.4) is 0 Å². The van der Waals surface area contributed by atoms with Gasteiger partial charge in [0.2, 0.25) is 5.69 Å². The Bertz CT molecular complexity index is 2030. The van der Waals surface area contributed by atoms with Crippen LogP contribution in [0.25, 0.3) is 27.9 Å². The summed E-state index contributed by atoms with van der Waals surface area (Å²) in [6.45, 7) is -2.89. The van der Waals surface area contributed by atoms with E-state index >= 15 is 4.39 Å². The fourth-order valence-electron chi connectivity index (χ4n) is 4.83. The number of carbonyl (C=O) groups is 1. The van der Waals surface area contributed by atoms with Crippen LogP contribution in [-0.2, 0) is 6.42 Å². The smallest absolute Gasteiger partial charge is 0.338 e. The minimum Gasteiger partial charge on any atom is -0.618 e. The molecule has 6 aromatic rings. The largest absolute Gasteiger partial charge is 0.618 e. The van der Waals surface area contributed by atoms with E-state index in [1.807, 2.05) is 0 Å². The van der Waals surface area contributed by atoms with Crippen molar-refractivity contribution in [3.63, 3.8) is 0 Å². The fraction of sp³-hybridized carbons (Fsp3) is 0.107. The molecule has 12 nitrogen and oxygen atoms in total. The minimum atomic E-state index is -2.89. The Morgan fingerprint density at radius 3 is 2.51 bits per heavy atom. The standard InChI is InChI=1S/C28H18ClF4N9O3/c29-20-4-6-23(41-14-34-37-38-41)25(26(20)31)16-2-5-22(42(45)13-16)24(10-18-7-8-39(36-18)28(32)33)40-12-17(11-35-40)15-1-3-19(27(43)44)21(30)9-15/h1-9,11-14,24,28H,10H2,(H,43,44). The maximum Gasteiger partial charge on any atom is 0.338 e. The number of rotatable bonds is 9. The highest BCUT2D eigenvalue weighted by Crippen LogP contribution is 2.34. The van der Waals surface area contributed by atoms with E-state index in [1.54, 1.807) is 0 Å². The molecule has 0 amide bonds. The first kappa shape index (κ1) is 29.4. The zero-order chi connectivity index (χ0) is 31.8. The van der Waals surface area contributed by atoms with Gasteiger partial charge in [0.15, 0.2) is 12.0 Å². The maximum atomic E-state index is 15.3. The number of carboxylic acids is 1. The molecule has 6 rings (SSSR count). The number of aromatic nitrogens is 9. The van der Waals surface area contributed by atoms with E-state index in [-0.39, 0.29) is 39.6 Å². The van der Waals surface area contributed by atoms with Gasteiger partial charge in [0.1, 0.15) is 18.2 Å². The summed E-state index contributed by atoms with van der Waals surface area (Å²) in [5, 5.41) is 41.6. The Morgan fingerprint density at radius 2 is 1.84 bits per heavy atom. The number of halogens is 5. The second kappa shape index (κ2) is 11.8. The van der Waals surface area contributed by atoms with E-state index in [2.05, 4.69) is 25.7 Å². The first-order valence-electron chi connectivity index (χ1n) is 12.9. The monoisotopic (exact) mass is 639 g/mol. The van der Waals surface area contributed by atoms with Gasteiger partial charge >= 0.3 is 12.5 Å². The van der Waals surface area contributed by atoms with Gasteiger partial charge in [0, 0.05) is 30.4 Å². The summed E-state index contributed by atoms with van der Waals surface area (Å²) in [6.07, 6.45) is 6.25. The summed E-state index contributed by atoms with van der Waals surface area (Å²) >= 11 is 6.05. The highest BCUT2D eigenvalue weighted by molar-refractivity contribution is 6.31. The fourth-order valence-corrected chi connectivity index (χ4v) is 4.99. The zero-order valence-corrected chi connectivity index (χ0v) is 23.3. The molecule has 0 fully saturated rings. The number of benzene rings is 2. The minimum absolute atomic E-state index is 0.0496. The molecule has 2 aromatic carbocycles. The Hall–Kier alpha value is -5.64. The van der Waals surface area contributed by atoms with Crippen LogP contribution in [0.5, 0.6) is 0 Å². The molecule has 45 heavy (non-hydrogen) atoms. The van der Waals surface area contributed by atoms with Crippen LogP contribution < -0.4 is 4.73 Å². The molecule has 0 aliphatic heterocycles. The first-order valence-corrected chi connectivity index (χ1v) is 13.3. The van der Waals surface area contributed by atoms with Crippen LogP contribution in [0.2, 0.25) is 5.02 Å². The third kappa shape index (κ3) is 5.70. The second-order valence-electron chi connectivity index (χ2n) is 9.67. The van der Waals surface area contributed by atoms with Crippen LogP contribution in [0.15, 0.2) is 79.6 Å².